The minimum atomic E-state index is -0.403. The van der Waals surface area contributed by atoms with E-state index in [1.165, 1.54) is 0 Å². The number of carbonyl (C=O) groups excluding carboxylic acids is 3. The fourth-order valence-corrected chi connectivity index (χ4v) is 3.33. The van der Waals surface area contributed by atoms with Gasteiger partial charge in [-0.25, -0.2) is 4.98 Å². The summed E-state index contributed by atoms with van der Waals surface area (Å²) in [6.07, 6.45) is 0.457. The van der Waals surface area contributed by atoms with E-state index in [9.17, 15) is 14.4 Å². The average molecular weight is 360 g/mol. The lowest BCUT2D eigenvalue weighted by Gasteiger charge is -2.08. The molecule has 2 aromatic rings. The summed E-state index contributed by atoms with van der Waals surface area (Å²) in [6, 6.07) is 7.07. The van der Waals surface area contributed by atoms with Gasteiger partial charge in [0.1, 0.15) is 11.5 Å². The Hall–Kier alpha value is -2.61. The van der Waals surface area contributed by atoms with E-state index in [0.717, 1.165) is 17.3 Å². The molecule has 1 saturated heterocycles. The van der Waals surface area contributed by atoms with E-state index >= 15 is 0 Å². The first-order valence-electron chi connectivity index (χ1n) is 7.63. The van der Waals surface area contributed by atoms with Crippen molar-refractivity contribution in [1.29, 1.82) is 0 Å². The summed E-state index contributed by atoms with van der Waals surface area (Å²) in [6.45, 7) is 3.23. The molecule has 0 bridgehead atoms. The van der Waals surface area contributed by atoms with Crippen molar-refractivity contribution in [2.45, 2.75) is 25.5 Å². The zero-order chi connectivity index (χ0) is 18.0. The number of nitrogens with one attached hydrogen (secondary N) is 1. The van der Waals surface area contributed by atoms with Crippen LogP contribution >= 0.6 is 11.8 Å². The third-order valence-electron chi connectivity index (χ3n) is 3.65. The van der Waals surface area contributed by atoms with E-state index in [0.29, 0.717) is 23.8 Å². The van der Waals surface area contributed by atoms with Crippen LogP contribution in [0.5, 0.6) is 5.75 Å². The van der Waals surface area contributed by atoms with Gasteiger partial charge in [0.05, 0.1) is 5.25 Å². The normalized spacial score (nSPS) is 16.8. The summed E-state index contributed by atoms with van der Waals surface area (Å²) in [5.74, 6) is 0.936. The molecule has 2 heterocycles. The highest BCUT2D eigenvalue weighted by Crippen LogP contribution is 2.24. The molecule has 0 radical (unpaired) electrons. The van der Waals surface area contributed by atoms with Crippen LogP contribution in [0.4, 0.5) is 4.79 Å². The van der Waals surface area contributed by atoms with Crippen LogP contribution in [0.2, 0.25) is 0 Å². The van der Waals surface area contributed by atoms with Gasteiger partial charge in [0.2, 0.25) is 11.7 Å². The molecule has 1 aliphatic rings. The highest BCUT2D eigenvalue weighted by atomic mass is 32.2. The number of aryl methyl sites for hydroxylation is 2. The van der Waals surface area contributed by atoms with E-state index in [1.54, 1.807) is 26.0 Å². The number of ether oxygens (including phenoxy) is 1. The molecule has 0 saturated carbocycles. The molecule has 3 rings (SSSR count). The molecule has 1 aromatic carbocycles. The van der Waals surface area contributed by atoms with Crippen LogP contribution in [0.25, 0.3) is 0 Å². The van der Waals surface area contributed by atoms with Crippen LogP contribution in [-0.2, 0) is 11.2 Å². The van der Waals surface area contributed by atoms with Gasteiger partial charge in [0.15, 0.2) is 18.2 Å². The SMILES string of the molecule is Cc1nc(C(=O)COc2ccc(CC3SC(=O)NC3=O)cc2)c(C)o1. The van der Waals surface area contributed by atoms with Gasteiger partial charge in [0.25, 0.3) is 5.24 Å². The van der Waals surface area contributed by atoms with Gasteiger partial charge in [-0.1, -0.05) is 23.9 Å². The number of imide groups is 1. The maximum absolute atomic E-state index is 12.1. The Morgan fingerprint density at radius 3 is 2.56 bits per heavy atom. The van der Waals surface area contributed by atoms with Crippen molar-refractivity contribution in [3.63, 3.8) is 0 Å². The highest BCUT2D eigenvalue weighted by Gasteiger charge is 2.31. The second-order valence-electron chi connectivity index (χ2n) is 5.58. The zero-order valence-corrected chi connectivity index (χ0v) is 14.5. The van der Waals surface area contributed by atoms with Gasteiger partial charge >= 0.3 is 0 Å². The maximum atomic E-state index is 12.1. The number of aromatic nitrogens is 1. The van der Waals surface area contributed by atoms with Crippen LogP contribution in [0.1, 0.15) is 27.7 Å². The van der Waals surface area contributed by atoms with E-state index < -0.39 is 5.25 Å². The van der Waals surface area contributed by atoms with Gasteiger partial charge < -0.3 is 9.15 Å². The average Bonchev–Trinajstić information content (AvgIpc) is 3.07. The topological polar surface area (TPSA) is 98.5 Å². The van der Waals surface area contributed by atoms with Gasteiger partial charge in [0, 0.05) is 6.92 Å². The quantitative estimate of drug-likeness (QED) is 0.790. The van der Waals surface area contributed by atoms with Crippen LogP contribution in [-0.4, -0.2) is 33.8 Å². The third-order valence-corrected chi connectivity index (χ3v) is 4.63. The second kappa shape index (κ2) is 7.10. The molecule has 8 heteroatoms. The fourth-order valence-electron chi connectivity index (χ4n) is 2.47. The highest BCUT2D eigenvalue weighted by molar-refractivity contribution is 8.15. The first-order chi connectivity index (χ1) is 11.9. The number of amides is 2. The summed E-state index contributed by atoms with van der Waals surface area (Å²) < 4.78 is 10.7. The molecule has 130 valence electrons. The van der Waals surface area contributed by atoms with Crippen LogP contribution in [0.15, 0.2) is 28.7 Å². The smallest absolute Gasteiger partial charge is 0.286 e. The Kier molecular flexibility index (Phi) is 4.89. The molecule has 0 aliphatic carbocycles. The van der Waals surface area contributed by atoms with Gasteiger partial charge in [-0.3, -0.25) is 19.7 Å². The second-order valence-corrected chi connectivity index (χ2v) is 6.76. The molecule has 0 spiro atoms. The Labute approximate surface area is 148 Å². The Bertz CT molecular complexity index is 828. The molecule has 1 N–H and O–H groups in total. The number of thioether (sulfide) groups is 1. The fraction of sp³-hybridized carbons (Fsp3) is 0.294. The first-order valence-corrected chi connectivity index (χ1v) is 8.51. The summed E-state index contributed by atoms with van der Waals surface area (Å²) >= 11 is 0.996. The number of hydrogen-bond donors (Lipinski definition) is 1. The van der Waals surface area contributed by atoms with Crippen LogP contribution in [0.3, 0.4) is 0 Å². The minimum Gasteiger partial charge on any atom is -0.485 e. The summed E-state index contributed by atoms with van der Waals surface area (Å²) in [7, 11) is 0. The predicted molar refractivity (Wildman–Crippen MR) is 90.9 cm³/mol. The number of Topliss-reactive ketones (excluding diaryl/α,β-unsaturated/α-hetero) is 1. The Morgan fingerprint density at radius 1 is 1.28 bits per heavy atom. The molecule has 1 atom stereocenters. The maximum Gasteiger partial charge on any atom is 0.286 e. The van der Waals surface area contributed by atoms with Crippen molar-refractivity contribution >= 4 is 28.7 Å². The van der Waals surface area contributed by atoms with E-state index in [2.05, 4.69) is 10.3 Å². The monoisotopic (exact) mass is 360 g/mol. The van der Waals surface area contributed by atoms with Crippen molar-refractivity contribution in [3.8, 4) is 5.75 Å². The molecule has 1 aliphatic heterocycles. The molecule has 25 heavy (non-hydrogen) atoms. The van der Waals surface area contributed by atoms with Crippen molar-refractivity contribution in [2.75, 3.05) is 6.61 Å². The number of oxazole rings is 1. The zero-order valence-electron chi connectivity index (χ0n) is 13.7. The number of nitrogens with zero attached hydrogens (tertiary/aromatic N) is 1. The van der Waals surface area contributed by atoms with Gasteiger partial charge in [-0.2, -0.15) is 0 Å². The van der Waals surface area contributed by atoms with Crippen molar-refractivity contribution in [2.24, 2.45) is 0 Å². The lowest BCUT2D eigenvalue weighted by atomic mass is 10.1. The number of hydrogen-bond acceptors (Lipinski definition) is 7. The first kappa shape index (κ1) is 17.2. The number of rotatable bonds is 6. The standard InChI is InChI=1S/C17H16N2O5S/c1-9-15(18-10(2)24-9)13(20)8-23-12-5-3-11(4-6-12)7-14-16(21)19-17(22)25-14/h3-6,14H,7-8H2,1-2H3,(H,19,21,22). The van der Waals surface area contributed by atoms with Crippen molar-refractivity contribution < 1.29 is 23.5 Å². The van der Waals surface area contributed by atoms with Crippen molar-refractivity contribution in [1.82, 2.24) is 10.3 Å². The van der Waals surface area contributed by atoms with Gasteiger partial charge in [-0.15, -0.1) is 0 Å². The molecule has 1 fully saturated rings. The van der Waals surface area contributed by atoms with E-state index in [-0.39, 0.29) is 29.2 Å². The molecular formula is C17H16N2O5S. The third kappa shape index (κ3) is 4.08. The van der Waals surface area contributed by atoms with E-state index in [4.69, 9.17) is 9.15 Å². The summed E-state index contributed by atoms with van der Waals surface area (Å²) in [5, 5.41) is 1.55. The molecule has 1 aromatic heterocycles. The Balaban J connectivity index is 1.56. The molecular weight excluding hydrogens is 344 g/mol. The summed E-state index contributed by atoms with van der Waals surface area (Å²) in [4.78, 5) is 38.9. The molecule has 1 unspecified atom stereocenters. The summed E-state index contributed by atoms with van der Waals surface area (Å²) in [5.41, 5.74) is 1.19. The lowest BCUT2D eigenvalue weighted by molar-refractivity contribution is -0.118. The minimum absolute atomic E-state index is 0.137. The number of benzene rings is 1. The molecule has 2 amide bonds. The lowest BCUT2D eigenvalue weighted by Crippen LogP contribution is -2.25. The van der Waals surface area contributed by atoms with Crippen LogP contribution in [0, 0.1) is 13.8 Å². The van der Waals surface area contributed by atoms with E-state index in [1.807, 2.05) is 12.1 Å². The number of ketones is 1. The largest absolute Gasteiger partial charge is 0.485 e. The number of carbonyl (C=O) groups is 3. The Morgan fingerprint density at radius 2 is 2.00 bits per heavy atom. The van der Waals surface area contributed by atoms with Crippen LogP contribution < -0.4 is 10.1 Å². The predicted octanol–water partition coefficient (Wildman–Crippen LogP) is 2.45. The van der Waals surface area contributed by atoms with Crippen molar-refractivity contribution in [3.05, 3.63) is 47.2 Å². The van der Waals surface area contributed by atoms with Gasteiger partial charge in [-0.05, 0) is 31.0 Å². The molecule has 7 nitrogen and oxygen atoms in total.